The molecule has 0 saturated carbocycles. The molecule has 0 saturated heterocycles. The largest absolute Gasteiger partial charge is 0.461 e. The van der Waals surface area contributed by atoms with Gasteiger partial charge in [0.05, 0.1) is 11.5 Å². The van der Waals surface area contributed by atoms with Crippen LogP contribution in [0.4, 0.5) is 13.2 Å². The minimum absolute atomic E-state index is 0.160. The number of hydrogen-bond acceptors (Lipinski definition) is 5. The lowest BCUT2D eigenvalue weighted by Gasteiger charge is -2.15. The summed E-state index contributed by atoms with van der Waals surface area (Å²) in [4.78, 5) is 11.7. The molecule has 2 rings (SSSR count). The lowest BCUT2D eigenvalue weighted by molar-refractivity contribution is -0.178. The molecule has 0 N–H and O–H groups in total. The van der Waals surface area contributed by atoms with E-state index in [0.29, 0.717) is 11.4 Å². The molecule has 0 radical (unpaired) electrons. The third kappa shape index (κ3) is 3.60. The third-order valence-corrected chi connectivity index (χ3v) is 3.02. The molecule has 1 unspecified atom stereocenters. The van der Waals surface area contributed by atoms with Crippen LogP contribution in [0.5, 0.6) is 0 Å². The van der Waals surface area contributed by atoms with Crippen LogP contribution in [0.2, 0.25) is 0 Å². The molecule has 0 aliphatic carbocycles. The summed E-state index contributed by atoms with van der Waals surface area (Å²) in [5.74, 6) is -2.01. The lowest BCUT2D eigenvalue weighted by Crippen LogP contribution is -2.25. The van der Waals surface area contributed by atoms with Gasteiger partial charge in [-0.05, 0) is 22.6 Å². The standard InChI is InChI=1S/C13H13F3N4O2/c1-8(13(14,15)16)7-22-12(21)10-5-3-9(4-6-10)11-17-18-19-20(11)2/h3-6,8H,7H2,1-2H3. The zero-order valence-electron chi connectivity index (χ0n) is 11.8. The van der Waals surface area contributed by atoms with Gasteiger partial charge in [0, 0.05) is 12.6 Å². The SMILES string of the molecule is CC(COC(=O)c1ccc(-c2nnnn2C)cc1)C(F)(F)F. The summed E-state index contributed by atoms with van der Waals surface area (Å²) in [5, 5.41) is 11.0. The normalized spacial score (nSPS) is 13.0. The highest BCUT2D eigenvalue weighted by molar-refractivity contribution is 5.89. The van der Waals surface area contributed by atoms with Crippen molar-refractivity contribution in [3.05, 3.63) is 29.8 Å². The van der Waals surface area contributed by atoms with E-state index >= 15 is 0 Å². The Kier molecular flexibility index (Phi) is 4.43. The summed E-state index contributed by atoms with van der Waals surface area (Å²) in [7, 11) is 1.66. The first-order valence-corrected chi connectivity index (χ1v) is 6.35. The second kappa shape index (κ2) is 6.12. The fourth-order valence-corrected chi connectivity index (χ4v) is 1.61. The summed E-state index contributed by atoms with van der Waals surface area (Å²) in [6.45, 7) is 0.245. The molecular weight excluding hydrogens is 301 g/mol. The molecular formula is C13H13F3N4O2. The number of halogens is 3. The predicted octanol–water partition coefficient (Wildman–Crippen LogP) is 2.23. The van der Waals surface area contributed by atoms with Crippen molar-refractivity contribution in [1.82, 2.24) is 20.2 Å². The Morgan fingerprint density at radius 2 is 1.95 bits per heavy atom. The maximum absolute atomic E-state index is 12.3. The van der Waals surface area contributed by atoms with Crippen LogP contribution in [-0.4, -0.2) is 39.0 Å². The van der Waals surface area contributed by atoms with Crippen molar-refractivity contribution in [1.29, 1.82) is 0 Å². The van der Waals surface area contributed by atoms with Gasteiger partial charge in [0.1, 0.15) is 6.61 Å². The average molecular weight is 314 g/mol. The number of rotatable bonds is 4. The fourth-order valence-electron chi connectivity index (χ4n) is 1.61. The predicted molar refractivity (Wildman–Crippen MR) is 69.7 cm³/mol. The van der Waals surface area contributed by atoms with E-state index in [-0.39, 0.29) is 5.56 Å². The van der Waals surface area contributed by atoms with E-state index in [0.717, 1.165) is 6.92 Å². The van der Waals surface area contributed by atoms with Crippen LogP contribution in [-0.2, 0) is 11.8 Å². The van der Waals surface area contributed by atoms with Crippen LogP contribution >= 0.6 is 0 Å². The minimum atomic E-state index is -4.39. The van der Waals surface area contributed by atoms with Crippen LogP contribution in [0, 0.1) is 5.92 Å². The van der Waals surface area contributed by atoms with Gasteiger partial charge in [-0.1, -0.05) is 19.1 Å². The number of benzene rings is 1. The van der Waals surface area contributed by atoms with Crippen LogP contribution < -0.4 is 0 Å². The van der Waals surface area contributed by atoms with E-state index in [1.807, 2.05) is 0 Å². The van der Waals surface area contributed by atoms with Crippen molar-refractivity contribution in [2.24, 2.45) is 13.0 Å². The van der Waals surface area contributed by atoms with Crippen molar-refractivity contribution in [3.63, 3.8) is 0 Å². The summed E-state index contributed by atoms with van der Waals surface area (Å²) in [5.41, 5.74) is 0.834. The number of hydrogen-bond donors (Lipinski definition) is 0. The zero-order valence-corrected chi connectivity index (χ0v) is 11.8. The van der Waals surface area contributed by atoms with Gasteiger partial charge < -0.3 is 4.74 Å². The number of aryl methyl sites for hydroxylation is 1. The molecule has 0 fully saturated rings. The summed E-state index contributed by atoms with van der Waals surface area (Å²) in [6, 6.07) is 6.08. The van der Waals surface area contributed by atoms with Gasteiger partial charge in [-0.15, -0.1) is 5.10 Å². The average Bonchev–Trinajstić information content (AvgIpc) is 2.89. The van der Waals surface area contributed by atoms with Gasteiger partial charge in [-0.3, -0.25) is 0 Å². The van der Waals surface area contributed by atoms with Crippen molar-refractivity contribution >= 4 is 5.97 Å². The molecule has 1 aromatic heterocycles. The number of carbonyl (C=O) groups is 1. The zero-order chi connectivity index (χ0) is 16.3. The van der Waals surface area contributed by atoms with Gasteiger partial charge in [-0.2, -0.15) is 13.2 Å². The smallest absolute Gasteiger partial charge is 0.394 e. The number of nitrogens with zero attached hydrogens (tertiary/aromatic N) is 4. The molecule has 1 atom stereocenters. The Bertz CT molecular complexity index is 652. The quantitative estimate of drug-likeness (QED) is 0.809. The Labute approximate surface area is 123 Å². The minimum Gasteiger partial charge on any atom is -0.461 e. The fraction of sp³-hybridized carbons (Fsp3) is 0.385. The first kappa shape index (κ1) is 15.9. The maximum Gasteiger partial charge on any atom is 0.394 e. The van der Waals surface area contributed by atoms with Gasteiger partial charge in [-0.25, -0.2) is 9.48 Å². The number of ether oxygens (including phenoxy) is 1. The second-order valence-electron chi connectivity index (χ2n) is 4.74. The Balaban J connectivity index is 2.02. The highest BCUT2D eigenvalue weighted by Crippen LogP contribution is 2.26. The van der Waals surface area contributed by atoms with E-state index in [2.05, 4.69) is 20.3 Å². The molecule has 9 heteroatoms. The lowest BCUT2D eigenvalue weighted by atomic mass is 10.1. The number of carbonyl (C=O) groups excluding carboxylic acids is 1. The number of aromatic nitrogens is 4. The molecule has 6 nitrogen and oxygen atoms in total. The molecule has 118 valence electrons. The monoisotopic (exact) mass is 314 g/mol. The number of esters is 1. The first-order valence-electron chi connectivity index (χ1n) is 6.35. The molecule has 0 aliphatic heterocycles. The van der Waals surface area contributed by atoms with E-state index in [4.69, 9.17) is 0 Å². The van der Waals surface area contributed by atoms with Gasteiger partial charge >= 0.3 is 12.1 Å². The first-order chi connectivity index (χ1) is 10.3. The van der Waals surface area contributed by atoms with E-state index < -0.39 is 24.7 Å². The Morgan fingerprint density at radius 1 is 1.32 bits per heavy atom. The molecule has 0 bridgehead atoms. The molecule has 2 aromatic rings. The summed E-state index contributed by atoms with van der Waals surface area (Å²) >= 11 is 0. The van der Waals surface area contributed by atoms with Crippen LogP contribution in [0.1, 0.15) is 17.3 Å². The van der Waals surface area contributed by atoms with Crippen molar-refractivity contribution in [2.45, 2.75) is 13.1 Å². The van der Waals surface area contributed by atoms with Gasteiger partial charge in [0.15, 0.2) is 5.82 Å². The van der Waals surface area contributed by atoms with Crippen LogP contribution in [0.15, 0.2) is 24.3 Å². The number of tetrazole rings is 1. The molecule has 1 heterocycles. The van der Waals surface area contributed by atoms with Crippen molar-refractivity contribution in [3.8, 4) is 11.4 Å². The highest BCUT2D eigenvalue weighted by Gasteiger charge is 2.36. The molecule has 22 heavy (non-hydrogen) atoms. The Morgan fingerprint density at radius 3 is 2.45 bits per heavy atom. The summed E-state index contributed by atoms with van der Waals surface area (Å²) < 4.78 is 43.1. The van der Waals surface area contributed by atoms with Crippen molar-refractivity contribution < 1.29 is 22.7 Å². The number of alkyl halides is 3. The van der Waals surface area contributed by atoms with Crippen molar-refractivity contribution in [2.75, 3.05) is 6.61 Å². The Hall–Kier alpha value is -2.45. The molecule has 0 amide bonds. The molecule has 1 aromatic carbocycles. The maximum atomic E-state index is 12.3. The van der Waals surface area contributed by atoms with Crippen LogP contribution in [0.25, 0.3) is 11.4 Å². The topological polar surface area (TPSA) is 69.9 Å². The second-order valence-corrected chi connectivity index (χ2v) is 4.74. The third-order valence-electron chi connectivity index (χ3n) is 3.02. The highest BCUT2D eigenvalue weighted by atomic mass is 19.4. The van der Waals surface area contributed by atoms with Gasteiger partial charge in [0.2, 0.25) is 0 Å². The van der Waals surface area contributed by atoms with Gasteiger partial charge in [0.25, 0.3) is 0 Å². The summed E-state index contributed by atoms with van der Waals surface area (Å²) in [6.07, 6.45) is -4.39. The van der Waals surface area contributed by atoms with E-state index in [9.17, 15) is 18.0 Å². The van der Waals surface area contributed by atoms with E-state index in [1.54, 1.807) is 19.2 Å². The van der Waals surface area contributed by atoms with Crippen LogP contribution in [0.3, 0.4) is 0 Å². The van der Waals surface area contributed by atoms with E-state index in [1.165, 1.54) is 16.8 Å². The molecule has 0 aliphatic rings. The molecule has 0 spiro atoms.